The number of aromatic nitrogens is 2. The third kappa shape index (κ3) is 2.53. The maximum absolute atomic E-state index is 13.0. The van der Waals surface area contributed by atoms with Crippen molar-refractivity contribution in [1.29, 1.82) is 0 Å². The Morgan fingerprint density at radius 2 is 2.00 bits per heavy atom. The molecule has 8 heteroatoms. The molecule has 0 bridgehead atoms. The third-order valence-electron chi connectivity index (χ3n) is 2.52. The van der Waals surface area contributed by atoms with Gasteiger partial charge in [-0.25, -0.2) is 0 Å². The van der Waals surface area contributed by atoms with Crippen LogP contribution in [0.1, 0.15) is 5.56 Å². The smallest absolute Gasteiger partial charge is 0.420 e. The standard InChI is InChI=1S/C11H9BrF3N3O/c1-19-9-6(7-4-17-18-10(7)16)2-5(12)3-8(9)11(13,14)15/h2-4H,1H3,(H3,16,17,18). The molecule has 4 nitrogen and oxygen atoms in total. The van der Waals surface area contributed by atoms with Crippen LogP contribution in [0.3, 0.4) is 0 Å². The molecule has 2 aromatic rings. The molecule has 3 N–H and O–H groups in total. The van der Waals surface area contributed by atoms with E-state index in [0.29, 0.717) is 5.56 Å². The van der Waals surface area contributed by atoms with Crippen molar-refractivity contribution in [2.75, 3.05) is 12.8 Å². The lowest BCUT2D eigenvalue weighted by atomic mass is 10.0. The molecule has 0 fully saturated rings. The van der Waals surface area contributed by atoms with Crippen LogP contribution in [-0.2, 0) is 6.18 Å². The Balaban J connectivity index is 2.75. The van der Waals surface area contributed by atoms with Crippen LogP contribution in [0.25, 0.3) is 11.1 Å². The first-order valence-corrected chi connectivity index (χ1v) is 5.88. The van der Waals surface area contributed by atoms with Gasteiger partial charge in [-0.2, -0.15) is 18.3 Å². The highest BCUT2D eigenvalue weighted by Gasteiger charge is 2.36. The molecule has 0 aliphatic heterocycles. The average molecular weight is 336 g/mol. The monoisotopic (exact) mass is 335 g/mol. The number of anilines is 1. The summed E-state index contributed by atoms with van der Waals surface area (Å²) in [6.45, 7) is 0. The second-order valence-electron chi connectivity index (χ2n) is 3.73. The van der Waals surface area contributed by atoms with E-state index in [1.807, 2.05) is 0 Å². The summed E-state index contributed by atoms with van der Waals surface area (Å²) in [5.74, 6) is -0.117. The van der Waals surface area contributed by atoms with Gasteiger partial charge in [0.1, 0.15) is 11.6 Å². The largest absolute Gasteiger partial charge is 0.495 e. The maximum atomic E-state index is 13.0. The number of aromatic amines is 1. The van der Waals surface area contributed by atoms with E-state index in [1.165, 1.54) is 19.4 Å². The van der Waals surface area contributed by atoms with Crippen LogP contribution >= 0.6 is 15.9 Å². The number of alkyl halides is 3. The Kier molecular flexibility index (Phi) is 3.44. The summed E-state index contributed by atoms with van der Waals surface area (Å²) < 4.78 is 44.1. The second-order valence-corrected chi connectivity index (χ2v) is 4.64. The Bertz CT molecular complexity index is 610. The quantitative estimate of drug-likeness (QED) is 0.883. The van der Waals surface area contributed by atoms with Crippen molar-refractivity contribution in [3.8, 4) is 16.9 Å². The zero-order valence-corrected chi connectivity index (χ0v) is 11.3. The molecule has 0 aliphatic carbocycles. The summed E-state index contributed by atoms with van der Waals surface area (Å²) in [6.07, 6.45) is -3.18. The van der Waals surface area contributed by atoms with Gasteiger partial charge >= 0.3 is 6.18 Å². The van der Waals surface area contributed by atoms with E-state index in [9.17, 15) is 13.2 Å². The van der Waals surface area contributed by atoms with Crippen molar-refractivity contribution in [2.24, 2.45) is 0 Å². The van der Waals surface area contributed by atoms with Crippen molar-refractivity contribution in [3.63, 3.8) is 0 Å². The minimum absolute atomic E-state index is 0.171. The van der Waals surface area contributed by atoms with Crippen LogP contribution in [0.5, 0.6) is 5.75 Å². The molecule has 0 saturated carbocycles. The summed E-state index contributed by atoms with van der Waals surface area (Å²) in [4.78, 5) is 0. The van der Waals surface area contributed by atoms with Gasteiger partial charge < -0.3 is 10.5 Å². The van der Waals surface area contributed by atoms with E-state index in [1.54, 1.807) is 0 Å². The fourth-order valence-corrected chi connectivity index (χ4v) is 2.19. The molecule has 1 aromatic heterocycles. The van der Waals surface area contributed by atoms with Crippen LogP contribution in [-0.4, -0.2) is 17.3 Å². The van der Waals surface area contributed by atoms with Crippen molar-refractivity contribution in [2.45, 2.75) is 6.18 Å². The topological polar surface area (TPSA) is 63.9 Å². The molecule has 0 atom stereocenters. The summed E-state index contributed by atoms with van der Waals surface area (Å²) in [5, 5.41) is 6.16. The number of nitrogen functional groups attached to an aromatic ring is 1. The molecule has 0 amide bonds. The molecule has 19 heavy (non-hydrogen) atoms. The molecular formula is C11H9BrF3N3O. The number of nitrogens with zero attached hydrogens (tertiary/aromatic N) is 1. The van der Waals surface area contributed by atoms with Crippen LogP contribution in [0, 0.1) is 0 Å². The highest BCUT2D eigenvalue weighted by molar-refractivity contribution is 9.10. The van der Waals surface area contributed by atoms with E-state index in [2.05, 4.69) is 26.1 Å². The number of nitrogens with two attached hydrogens (primary N) is 1. The number of ether oxygens (including phenoxy) is 1. The summed E-state index contributed by atoms with van der Waals surface area (Å²) in [5.41, 5.74) is 5.33. The van der Waals surface area contributed by atoms with E-state index >= 15 is 0 Å². The number of rotatable bonds is 2. The minimum atomic E-state index is -4.53. The van der Waals surface area contributed by atoms with Gasteiger partial charge in [0, 0.05) is 15.6 Å². The number of hydrogen-bond donors (Lipinski definition) is 2. The van der Waals surface area contributed by atoms with Gasteiger partial charge in [-0.3, -0.25) is 5.10 Å². The fourth-order valence-electron chi connectivity index (χ4n) is 1.73. The second kappa shape index (κ2) is 4.76. The number of halogens is 4. The molecule has 0 saturated heterocycles. The van der Waals surface area contributed by atoms with Gasteiger partial charge in [-0.15, -0.1) is 0 Å². The first kappa shape index (κ1) is 13.7. The van der Waals surface area contributed by atoms with Crippen LogP contribution in [0.2, 0.25) is 0 Å². The average Bonchev–Trinajstić information content (AvgIpc) is 2.73. The Hall–Kier alpha value is -1.70. The molecule has 1 heterocycles. The maximum Gasteiger partial charge on any atom is 0.420 e. The third-order valence-corrected chi connectivity index (χ3v) is 2.98. The molecule has 0 spiro atoms. The number of benzene rings is 1. The zero-order chi connectivity index (χ0) is 14.2. The molecule has 1 aromatic carbocycles. The molecular weight excluding hydrogens is 327 g/mol. The van der Waals surface area contributed by atoms with E-state index < -0.39 is 11.7 Å². The van der Waals surface area contributed by atoms with Gasteiger partial charge in [0.2, 0.25) is 0 Å². The predicted molar refractivity (Wildman–Crippen MR) is 67.7 cm³/mol. The highest BCUT2D eigenvalue weighted by atomic mass is 79.9. The van der Waals surface area contributed by atoms with Gasteiger partial charge in [0.05, 0.1) is 18.9 Å². The Morgan fingerprint density at radius 1 is 1.32 bits per heavy atom. The zero-order valence-electron chi connectivity index (χ0n) is 9.68. The first-order chi connectivity index (χ1) is 8.84. The van der Waals surface area contributed by atoms with Gasteiger partial charge in [-0.05, 0) is 12.1 Å². The van der Waals surface area contributed by atoms with Gasteiger partial charge in [0.25, 0.3) is 0 Å². The Morgan fingerprint density at radius 3 is 2.47 bits per heavy atom. The van der Waals surface area contributed by atoms with Crippen molar-refractivity contribution in [3.05, 3.63) is 28.4 Å². The lowest BCUT2D eigenvalue weighted by Crippen LogP contribution is -2.08. The summed E-state index contributed by atoms with van der Waals surface area (Å²) >= 11 is 3.05. The normalized spacial score (nSPS) is 11.6. The summed E-state index contributed by atoms with van der Waals surface area (Å²) in [6, 6.07) is 2.45. The first-order valence-electron chi connectivity index (χ1n) is 5.08. The number of methoxy groups -OCH3 is 1. The molecule has 0 aliphatic rings. The molecule has 0 unspecified atom stereocenters. The number of hydrogen-bond acceptors (Lipinski definition) is 3. The van der Waals surface area contributed by atoms with Gasteiger partial charge in [0.15, 0.2) is 0 Å². The number of nitrogens with one attached hydrogen (secondary N) is 1. The molecule has 102 valence electrons. The van der Waals surface area contributed by atoms with E-state index in [4.69, 9.17) is 10.5 Å². The van der Waals surface area contributed by atoms with E-state index in [0.717, 1.165) is 6.07 Å². The SMILES string of the molecule is COc1c(-c2cn[nH]c2N)cc(Br)cc1C(F)(F)F. The van der Waals surface area contributed by atoms with Crippen LogP contribution in [0.4, 0.5) is 19.0 Å². The van der Waals surface area contributed by atoms with E-state index in [-0.39, 0.29) is 21.6 Å². The van der Waals surface area contributed by atoms with Crippen LogP contribution < -0.4 is 10.5 Å². The minimum Gasteiger partial charge on any atom is -0.495 e. The predicted octanol–water partition coefficient (Wildman–Crippen LogP) is 3.45. The Labute approximate surface area is 114 Å². The van der Waals surface area contributed by atoms with Gasteiger partial charge in [-0.1, -0.05) is 15.9 Å². The number of H-pyrrole nitrogens is 1. The lowest BCUT2D eigenvalue weighted by molar-refractivity contribution is -0.138. The molecule has 0 radical (unpaired) electrons. The molecule has 2 rings (SSSR count). The van der Waals surface area contributed by atoms with Crippen molar-refractivity contribution < 1.29 is 17.9 Å². The highest BCUT2D eigenvalue weighted by Crippen LogP contribution is 2.44. The van der Waals surface area contributed by atoms with Crippen molar-refractivity contribution in [1.82, 2.24) is 10.2 Å². The summed E-state index contributed by atoms with van der Waals surface area (Å²) in [7, 11) is 1.18. The lowest BCUT2D eigenvalue weighted by Gasteiger charge is -2.16. The van der Waals surface area contributed by atoms with Crippen molar-refractivity contribution >= 4 is 21.7 Å². The van der Waals surface area contributed by atoms with Crippen LogP contribution in [0.15, 0.2) is 22.8 Å². The fraction of sp³-hybridized carbons (Fsp3) is 0.182.